The van der Waals surface area contributed by atoms with E-state index >= 15 is 0 Å². The number of methoxy groups -OCH3 is 1. The number of ether oxygens (including phenoxy) is 1. The minimum Gasteiger partial charge on any atom is -0.493 e. The van der Waals surface area contributed by atoms with Crippen molar-refractivity contribution in [2.45, 2.75) is 0 Å². The molecule has 0 saturated heterocycles. The molecular weight excluding hydrogens is 402 g/mol. The number of carbonyl (C=O) groups is 1. The van der Waals surface area contributed by atoms with Crippen LogP contribution < -0.4 is 10.1 Å². The highest BCUT2D eigenvalue weighted by molar-refractivity contribution is 9.10. The Balaban J connectivity index is 1.60. The van der Waals surface area contributed by atoms with E-state index in [4.69, 9.17) is 13.6 Å². The quantitative estimate of drug-likeness (QED) is 0.529. The molecule has 0 spiro atoms. The molecule has 0 unspecified atom stereocenters. The first kappa shape index (κ1) is 16.3. The minimum atomic E-state index is -0.362. The fourth-order valence-electron chi connectivity index (χ4n) is 2.49. The molecule has 1 N–H and O–H groups in total. The van der Waals surface area contributed by atoms with Crippen molar-refractivity contribution in [3.8, 4) is 17.4 Å². The summed E-state index contributed by atoms with van der Waals surface area (Å²) in [6, 6.07) is 14.3. The summed E-state index contributed by atoms with van der Waals surface area (Å²) in [7, 11) is 1.57. The first-order chi connectivity index (χ1) is 12.7. The van der Waals surface area contributed by atoms with Gasteiger partial charge in [-0.1, -0.05) is 29.4 Å². The van der Waals surface area contributed by atoms with Gasteiger partial charge in [0.25, 0.3) is 11.8 Å². The van der Waals surface area contributed by atoms with Crippen LogP contribution in [0.2, 0.25) is 0 Å². The van der Waals surface area contributed by atoms with E-state index in [9.17, 15) is 4.79 Å². The van der Waals surface area contributed by atoms with Crippen LogP contribution in [0.4, 0.5) is 6.01 Å². The summed E-state index contributed by atoms with van der Waals surface area (Å²) in [5.41, 5.74) is 1.04. The lowest BCUT2D eigenvalue weighted by Gasteiger charge is -2.02. The van der Waals surface area contributed by atoms with Crippen LogP contribution in [0.25, 0.3) is 22.6 Å². The lowest BCUT2D eigenvalue weighted by molar-refractivity contribution is 0.102. The van der Waals surface area contributed by atoms with E-state index in [1.807, 2.05) is 18.2 Å². The van der Waals surface area contributed by atoms with Crippen LogP contribution in [-0.2, 0) is 0 Å². The Hall–Kier alpha value is -3.13. The number of fused-ring (bicyclic) bond motifs is 1. The van der Waals surface area contributed by atoms with Crippen LogP contribution in [0.1, 0.15) is 10.4 Å². The second kappa shape index (κ2) is 6.64. The largest absolute Gasteiger partial charge is 0.493 e. The Morgan fingerprint density at radius 2 is 1.96 bits per heavy atom. The van der Waals surface area contributed by atoms with Gasteiger partial charge < -0.3 is 13.6 Å². The first-order valence-electron chi connectivity index (χ1n) is 7.62. The van der Waals surface area contributed by atoms with E-state index in [-0.39, 0.29) is 17.8 Å². The molecule has 4 rings (SSSR count). The number of furan rings is 1. The predicted octanol–water partition coefficient (Wildman–Crippen LogP) is 4.51. The van der Waals surface area contributed by atoms with Gasteiger partial charge in [0.15, 0.2) is 17.1 Å². The number of carbonyl (C=O) groups excluding carboxylic acids is 1. The molecule has 8 heteroatoms. The molecule has 2 aromatic heterocycles. The summed E-state index contributed by atoms with van der Waals surface area (Å²) < 4.78 is 17.2. The smallest absolute Gasteiger partial charge is 0.322 e. The van der Waals surface area contributed by atoms with Gasteiger partial charge in [0.2, 0.25) is 0 Å². The van der Waals surface area contributed by atoms with E-state index in [2.05, 4.69) is 31.4 Å². The van der Waals surface area contributed by atoms with Crippen LogP contribution in [0, 0.1) is 0 Å². The monoisotopic (exact) mass is 413 g/mol. The van der Waals surface area contributed by atoms with E-state index in [1.54, 1.807) is 37.4 Å². The van der Waals surface area contributed by atoms with Crippen molar-refractivity contribution in [2.24, 2.45) is 0 Å². The molecule has 0 radical (unpaired) electrons. The Kier molecular flexibility index (Phi) is 4.18. The third-order valence-electron chi connectivity index (χ3n) is 3.70. The van der Waals surface area contributed by atoms with Crippen molar-refractivity contribution < 1.29 is 18.4 Å². The van der Waals surface area contributed by atoms with E-state index < -0.39 is 0 Å². The topological polar surface area (TPSA) is 90.4 Å². The molecule has 4 aromatic rings. The number of rotatable bonds is 4. The summed E-state index contributed by atoms with van der Waals surface area (Å²) in [5, 5.41) is 11.2. The van der Waals surface area contributed by atoms with Crippen molar-refractivity contribution >= 4 is 38.8 Å². The lowest BCUT2D eigenvalue weighted by Crippen LogP contribution is -2.12. The SMILES string of the molecule is COc1cccc2cc(-c3nnc(NC(=O)c4ccccc4Br)o3)oc12. The van der Waals surface area contributed by atoms with Gasteiger partial charge in [-0.25, -0.2) is 0 Å². The Bertz CT molecular complexity index is 1100. The van der Waals surface area contributed by atoms with Crippen molar-refractivity contribution in [1.29, 1.82) is 0 Å². The van der Waals surface area contributed by atoms with Gasteiger partial charge in [0.05, 0.1) is 12.7 Å². The number of para-hydroxylation sites is 1. The lowest BCUT2D eigenvalue weighted by atomic mass is 10.2. The van der Waals surface area contributed by atoms with Crippen LogP contribution in [0.5, 0.6) is 5.75 Å². The number of aromatic nitrogens is 2. The fourth-order valence-corrected chi connectivity index (χ4v) is 2.95. The summed E-state index contributed by atoms with van der Waals surface area (Å²) >= 11 is 3.33. The summed E-state index contributed by atoms with van der Waals surface area (Å²) in [6.45, 7) is 0. The second-order valence-corrected chi connectivity index (χ2v) is 6.19. The van der Waals surface area contributed by atoms with Crippen LogP contribution in [-0.4, -0.2) is 23.2 Å². The zero-order valence-electron chi connectivity index (χ0n) is 13.5. The van der Waals surface area contributed by atoms with E-state index in [0.717, 1.165) is 5.39 Å². The van der Waals surface area contributed by atoms with Crippen molar-refractivity contribution in [1.82, 2.24) is 10.2 Å². The molecule has 0 fully saturated rings. The van der Waals surface area contributed by atoms with Crippen LogP contribution in [0.15, 0.2) is 61.8 Å². The number of halogens is 1. The molecular formula is C18H12BrN3O4. The molecule has 0 aliphatic heterocycles. The highest BCUT2D eigenvalue weighted by Crippen LogP contribution is 2.33. The average Bonchev–Trinajstić information content (AvgIpc) is 3.28. The van der Waals surface area contributed by atoms with E-state index in [0.29, 0.717) is 27.1 Å². The summed E-state index contributed by atoms with van der Waals surface area (Å²) in [6.07, 6.45) is 0. The number of hydrogen-bond donors (Lipinski definition) is 1. The maximum absolute atomic E-state index is 12.3. The summed E-state index contributed by atoms with van der Waals surface area (Å²) in [4.78, 5) is 12.3. The predicted molar refractivity (Wildman–Crippen MR) is 98.2 cm³/mol. The molecule has 1 amide bonds. The highest BCUT2D eigenvalue weighted by Gasteiger charge is 2.18. The first-order valence-corrected chi connectivity index (χ1v) is 8.41. The highest BCUT2D eigenvalue weighted by atomic mass is 79.9. The van der Waals surface area contributed by atoms with Gasteiger partial charge in [0.1, 0.15) is 0 Å². The molecule has 0 atom stereocenters. The minimum absolute atomic E-state index is 0.0202. The number of nitrogens with zero attached hydrogens (tertiary/aromatic N) is 2. The Labute approximate surface area is 156 Å². The van der Waals surface area contributed by atoms with Crippen molar-refractivity contribution in [3.05, 3.63) is 58.6 Å². The fraction of sp³-hybridized carbons (Fsp3) is 0.0556. The molecule has 2 aromatic carbocycles. The number of amides is 1. The maximum atomic E-state index is 12.3. The standard InChI is InChI=1S/C18H12BrN3O4/c1-24-13-8-4-5-10-9-14(25-15(10)13)17-21-22-18(26-17)20-16(23)11-6-2-3-7-12(11)19/h2-9H,1H3,(H,20,22,23). The summed E-state index contributed by atoms with van der Waals surface area (Å²) in [5.74, 6) is 0.791. The van der Waals surface area contributed by atoms with Gasteiger partial charge in [-0.2, -0.15) is 0 Å². The van der Waals surface area contributed by atoms with Crippen molar-refractivity contribution in [3.63, 3.8) is 0 Å². The third kappa shape index (κ3) is 2.95. The normalized spacial score (nSPS) is 10.8. The number of benzene rings is 2. The molecule has 26 heavy (non-hydrogen) atoms. The zero-order chi connectivity index (χ0) is 18.1. The number of nitrogens with one attached hydrogen (secondary N) is 1. The molecule has 0 bridgehead atoms. The van der Waals surface area contributed by atoms with Gasteiger partial charge in [-0.15, -0.1) is 5.10 Å². The van der Waals surface area contributed by atoms with Gasteiger partial charge in [-0.05, 0) is 40.2 Å². The van der Waals surface area contributed by atoms with Crippen LogP contribution >= 0.6 is 15.9 Å². The molecule has 0 aliphatic carbocycles. The Morgan fingerprint density at radius 3 is 2.77 bits per heavy atom. The van der Waals surface area contributed by atoms with Gasteiger partial charge in [-0.3, -0.25) is 10.1 Å². The zero-order valence-corrected chi connectivity index (χ0v) is 15.1. The third-order valence-corrected chi connectivity index (χ3v) is 4.39. The Morgan fingerprint density at radius 1 is 1.12 bits per heavy atom. The average molecular weight is 414 g/mol. The molecule has 7 nitrogen and oxygen atoms in total. The molecule has 2 heterocycles. The van der Waals surface area contributed by atoms with Gasteiger partial charge >= 0.3 is 6.01 Å². The second-order valence-electron chi connectivity index (χ2n) is 5.34. The number of hydrogen-bond acceptors (Lipinski definition) is 6. The van der Waals surface area contributed by atoms with E-state index in [1.165, 1.54) is 0 Å². The molecule has 0 saturated carbocycles. The number of anilines is 1. The van der Waals surface area contributed by atoms with Gasteiger partial charge in [0, 0.05) is 9.86 Å². The van der Waals surface area contributed by atoms with Crippen molar-refractivity contribution in [2.75, 3.05) is 12.4 Å². The molecule has 0 aliphatic rings. The maximum Gasteiger partial charge on any atom is 0.322 e. The molecule has 130 valence electrons. The van der Waals surface area contributed by atoms with Crippen LogP contribution in [0.3, 0.4) is 0 Å².